The minimum absolute atomic E-state index is 0.00350. The number of halogens is 1. The van der Waals surface area contributed by atoms with Crippen LogP contribution in [0.1, 0.15) is 29.3 Å². The van der Waals surface area contributed by atoms with Gasteiger partial charge in [0, 0.05) is 16.2 Å². The number of carbonyl (C=O) groups excluding carboxylic acids is 1. The summed E-state index contributed by atoms with van der Waals surface area (Å²) < 4.78 is 7.23. The molecule has 0 aromatic heterocycles. The molecule has 0 radical (unpaired) electrons. The summed E-state index contributed by atoms with van der Waals surface area (Å²) in [6.45, 7) is 2.61. The van der Waals surface area contributed by atoms with Crippen LogP contribution >= 0.6 is 22.6 Å². The van der Waals surface area contributed by atoms with Crippen LogP contribution in [-0.4, -0.2) is 23.5 Å². The van der Waals surface area contributed by atoms with Gasteiger partial charge in [-0.3, -0.25) is 4.79 Å². The summed E-state index contributed by atoms with van der Waals surface area (Å²) in [7, 11) is 0. The largest absolute Gasteiger partial charge is 0.487 e. The van der Waals surface area contributed by atoms with Gasteiger partial charge in [-0.05, 0) is 52.8 Å². The predicted molar refractivity (Wildman–Crippen MR) is 104 cm³/mol. The molecule has 3 rings (SSSR count). The number of hydrogen-bond acceptors (Lipinski definition) is 2. The number of rotatable bonds is 4. The van der Waals surface area contributed by atoms with Crippen LogP contribution in [0, 0.1) is 3.57 Å². The number of carbonyl (C=O) groups is 1. The van der Waals surface area contributed by atoms with Crippen molar-refractivity contribution in [1.82, 2.24) is 4.90 Å². The van der Waals surface area contributed by atoms with E-state index in [0.29, 0.717) is 17.9 Å². The lowest BCUT2D eigenvalue weighted by molar-refractivity contribution is 0.0794. The van der Waals surface area contributed by atoms with E-state index in [1.54, 1.807) is 4.90 Å². The molecule has 0 aliphatic carbocycles. The highest BCUT2D eigenvalue weighted by Gasteiger charge is 2.28. The number of nitrogens with zero attached hydrogens (tertiary/aromatic N) is 1. The highest BCUT2D eigenvalue weighted by atomic mass is 127. The van der Waals surface area contributed by atoms with Gasteiger partial charge in [0.05, 0.1) is 12.1 Å². The molecule has 0 saturated heterocycles. The average Bonchev–Trinajstić information content (AvgIpc) is 2.71. The molecule has 0 bridgehead atoms. The van der Waals surface area contributed by atoms with E-state index in [1.165, 1.54) is 5.56 Å². The fourth-order valence-electron chi connectivity index (χ4n) is 2.79. The summed E-state index contributed by atoms with van der Waals surface area (Å²) in [6, 6.07) is 16.0. The fraction of sp³-hybridized carbons (Fsp3) is 0.250. The van der Waals surface area contributed by atoms with Crippen LogP contribution in [0.25, 0.3) is 0 Å². The lowest BCUT2D eigenvalue weighted by atomic mass is 10.1. The molecule has 124 valence electrons. The Morgan fingerprint density at radius 3 is 2.79 bits per heavy atom. The summed E-state index contributed by atoms with van der Waals surface area (Å²) >= 11 is 2.22. The minimum atomic E-state index is -0.0702. The number of allylic oxidation sites excluding steroid dienone is 1. The molecular weight excluding hydrogens is 413 g/mol. The van der Waals surface area contributed by atoms with Crippen LogP contribution < -0.4 is 4.74 Å². The first kappa shape index (κ1) is 17.0. The Morgan fingerprint density at radius 2 is 2.04 bits per heavy atom. The standard InChI is InChI=1S/C20H20INO2/c1-2-3-11-22-14-17(12-15-7-5-4-6-8-15)24-19-10-9-16(21)13-18(19)20(22)23/h3-11,13,17H,2,12,14H2,1H3. The summed E-state index contributed by atoms with van der Waals surface area (Å²) in [6.07, 6.45) is 5.50. The van der Waals surface area contributed by atoms with Gasteiger partial charge in [-0.2, -0.15) is 0 Å². The van der Waals surface area contributed by atoms with E-state index in [2.05, 4.69) is 41.6 Å². The molecule has 1 aliphatic rings. The highest BCUT2D eigenvalue weighted by molar-refractivity contribution is 14.1. The van der Waals surface area contributed by atoms with Crippen molar-refractivity contribution < 1.29 is 9.53 Å². The Bertz CT molecular complexity index is 743. The molecular formula is C20H20INO2. The molecule has 1 atom stereocenters. The maximum absolute atomic E-state index is 12.9. The third kappa shape index (κ3) is 3.98. The topological polar surface area (TPSA) is 29.5 Å². The number of fused-ring (bicyclic) bond motifs is 1. The Kier molecular flexibility index (Phi) is 5.56. The molecule has 1 aliphatic heterocycles. The zero-order chi connectivity index (χ0) is 16.9. The lowest BCUT2D eigenvalue weighted by Gasteiger charge is -2.21. The third-order valence-electron chi connectivity index (χ3n) is 3.95. The Morgan fingerprint density at radius 1 is 1.25 bits per heavy atom. The number of benzene rings is 2. The van der Waals surface area contributed by atoms with Crippen molar-refractivity contribution in [3.05, 3.63) is 75.5 Å². The van der Waals surface area contributed by atoms with Gasteiger partial charge in [-0.1, -0.05) is 43.3 Å². The quantitative estimate of drug-likeness (QED) is 0.657. The zero-order valence-electron chi connectivity index (χ0n) is 13.6. The summed E-state index contributed by atoms with van der Waals surface area (Å²) in [5.41, 5.74) is 1.85. The first-order valence-corrected chi connectivity index (χ1v) is 9.23. The van der Waals surface area contributed by atoms with Crippen molar-refractivity contribution >= 4 is 28.5 Å². The van der Waals surface area contributed by atoms with Crippen molar-refractivity contribution in [3.63, 3.8) is 0 Å². The summed E-state index contributed by atoms with van der Waals surface area (Å²) in [4.78, 5) is 14.7. The van der Waals surface area contributed by atoms with E-state index in [1.807, 2.05) is 48.7 Å². The van der Waals surface area contributed by atoms with Crippen LogP contribution in [-0.2, 0) is 6.42 Å². The second kappa shape index (κ2) is 7.83. The smallest absolute Gasteiger partial charge is 0.261 e. The molecule has 1 amide bonds. The number of amides is 1. The molecule has 0 N–H and O–H groups in total. The minimum Gasteiger partial charge on any atom is -0.487 e. The van der Waals surface area contributed by atoms with E-state index < -0.39 is 0 Å². The molecule has 0 fully saturated rings. The van der Waals surface area contributed by atoms with Crippen molar-refractivity contribution in [2.75, 3.05) is 6.54 Å². The van der Waals surface area contributed by atoms with Gasteiger partial charge in [0.25, 0.3) is 5.91 Å². The molecule has 3 nitrogen and oxygen atoms in total. The van der Waals surface area contributed by atoms with Crippen LogP contribution in [0.15, 0.2) is 60.8 Å². The SMILES string of the molecule is CCC=CN1CC(Cc2ccccc2)Oc2ccc(I)cc2C1=O. The van der Waals surface area contributed by atoms with Crippen LogP contribution in [0.2, 0.25) is 0 Å². The average molecular weight is 433 g/mol. The van der Waals surface area contributed by atoms with Crippen LogP contribution in [0.3, 0.4) is 0 Å². The van der Waals surface area contributed by atoms with Gasteiger partial charge < -0.3 is 9.64 Å². The molecule has 0 spiro atoms. The van der Waals surface area contributed by atoms with Gasteiger partial charge in [0.15, 0.2) is 0 Å². The summed E-state index contributed by atoms with van der Waals surface area (Å²) in [5, 5.41) is 0. The first-order valence-electron chi connectivity index (χ1n) is 8.15. The summed E-state index contributed by atoms with van der Waals surface area (Å²) in [5.74, 6) is 0.678. The van der Waals surface area contributed by atoms with Gasteiger partial charge in [0.1, 0.15) is 11.9 Å². The molecule has 4 heteroatoms. The van der Waals surface area contributed by atoms with Crippen molar-refractivity contribution in [1.29, 1.82) is 0 Å². The van der Waals surface area contributed by atoms with E-state index in [9.17, 15) is 4.79 Å². The zero-order valence-corrected chi connectivity index (χ0v) is 15.8. The van der Waals surface area contributed by atoms with Gasteiger partial charge in [0.2, 0.25) is 0 Å². The van der Waals surface area contributed by atoms with Crippen molar-refractivity contribution in [2.24, 2.45) is 0 Å². The number of hydrogen-bond donors (Lipinski definition) is 0. The number of ether oxygens (including phenoxy) is 1. The lowest BCUT2D eigenvalue weighted by Crippen LogP contribution is -2.34. The van der Waals surface area contributed by atoms with E-state index in [4.69, 9.17) is 4.74 Å². The highest BCUT2D eigenvalue weighted by Crippen LogP contribution is 2.28. The molecule has 1 heterocycles. The maximum atomic E-state index is 12.9. The third-order valence-corrected chi connectivity index (χ3v) is 4.63. The monoisotopic (exact) mass is 433 g/mol. The Labute approximate surface area is 156 Å². The normalized spacial score (nSPS) is 17.5. The predicted octanol–water partition coefficient (Wildman–Crippen LogP) is 4.66. The van der Waals surface area contributed by atoms with E-state index >= 15 is 0 Å². The molecule has 2 aromatic carbocycles. The Balaban J connectivity index is 1.93. The van der Waals surface area contributed by atoms with E-state index in [0.717, 1.165) is 16.4 Å². The van der Waals surface area contributed by atoms with Crippen LogP contribution in [0.4, 0.5) is 0 Å². The fourth-order valence-corrected chi connectivity index (χ4v) is 3.28. The second-order valence-corrected chi connectivity index (χ2v) is 7.07. The van der Waals surface area contributed by atoms with Gasteiger partial charge in [-0.15, -0.1) is 0 Å². The van der Waals surface area contributed by atoms with Gasteiger partial charge in [-0.25, -0.2) is 0 Å². The second-order valence-electron chi connectivity index (χ2n) is 5.82. The van der Waals surface area contributed by atoms with Crippen molar-refractivity contribution in [2.45, 2.75) is 25.9 Å². The van der Waals surface area contributed by atoms with Gasteiger partial charge >= 0.3 is 0 Å². The maximum Gasteiger partial charge on any atom is 0.261 e. The van der Waals surface area contributed by atoms with E-state index in [-0.39, 0.29) is 12.0 Å². The molecule has 24 heavy (non-hydrogen) atoms. The van der Waals surface area contributed by atoms with Crippen molar-refractivity contribution in [3.8, 4) is 5.75 Å². The Hall–Kier alpha value is -1.82. The first-order chi connectivity index (χ1) is 11.7. The molecule has 1 unspecified atom stereocenters. The molecule has 0 saturated carbocycles. The van der Waals surface area contributed by atoms with Crippen LogP contribution in [0.5, 0.6) is 5.75 Å². The molecule has 2 aromatic rings.